The Morgan fingerprint density at radius 1 is 0.320 bits per heavy atom. The summed E-state index contributed by atoms with van der Waals surface area (Å²) in [4.78, 5) is 0. The van der Waals surface area contributed by atoms with E-state index in [1.807, 2.05) is 0 Å². The summed E-state index contributed by atoms with van der Waals surface area (Å²) in [6.45, 7) is 4.61. The first-order valence-corrected chi connectivity index (χ1v) is 14.4. The Labute approximate surface area is 167 Å². The Kier molecular flexibility index (Phi) is 25.0. The first-order chi connectivity index (χ1) is 12.4. The molecule has 0 rings (SSSR count). The van der Waals surface area contributed by atoms with Crippen molar-refractivity contribution in [1.82, 2.24) is 0 Å². The number of hydrogen-bond acceptors (Lipinski definition) is 0. The third kappa shape index (κ3) is 24.5. The van der Waals surface area contributed by atoms with Crippen molar-refractivity contribution < 1.29 is 0 Å². The molecule has 1 heteroatoms. The summed E-state index contributed by atoms with van der Waals surface area (Å²) < 4.78 is 0. The number of rotatable bonds is 22. The van der Waals surface area contributed by atoms with Gasteiger partial charge in [-0.25, -0.2) is 0 Å². The summed E-state index contributed by atoms with van der Waals surface area (Å²) >= 11 is 0.959. The molecule has 0 aromatic rings. The molecule has 0 saturated carbocycles. The van der Waals surface area contributed by atoms with E-state index in [9.17, 15) is 0 Å². The zero-order valence-electron chi connectivity index (χ0n) is 18.0. The molecule has 0 bridgehead atoms. The van der Waals surface area contributed by atoms with Crippen LogP contribution < -0.4 is 0 Å². The number of hydrogen-bond donors (Lipinski definition) is 0. The van der Waals surface area contributed by atoms with Crippen LogP contribution in [0.25, 0.3) is 0 Å². The summed E-state index contributed by atoms with van der Waals surface area (Å²) in [6, 6.07) is 0. The van der Waals surface area contributed by atoms with Crippen molar-refractivity contribution in [3.05, 3.63) is 0 Å². The van der Waals surface area contributed by atoms with Crippen molar-refractivity contribution in [3.8, 4) is 0 Å². The van der Waals surface area contributed by atoms with Crippen LogP contribution >= 0.6 is 0 Å². The molecule has 0 amide bonds. The molecule has 0 nitrogen and oxygen atoms in total. The van der Waals surface area contributed by atoms with Gasteiger partial charge in [0.05, 0.1) is 0 Å². The van der Waals surface area contributed by atoms with Gasteiger partial charge in [0.15, 0.2) is 0 Å². The summed E-state index contributed by atoms with van der Waals surface area (Å²) in [6.07, 6.45) is 29.6. The van der Waals surface area contributed by atoms with Gasteiger partial charge in [0.1, 0.15) is 0 Å². The summed E-state index contributed by atoms with van der Waals surface area (Å²) in [5.41, 5.74) is 0. The minimum absolute atomic E-state index is 0.959. The molecule has 0 aromatic heterocycles. The van der Waals surface area contributed by atoms with E-state index in [4.69, 9.17) is 0 Å². The van der Waals surface area contributed by atoms with Gasteiger partial charge in [0, 0.05) is 0 Å². The fraction of sp³-hybridized carbons (Fsp3) is 1.00. The third-order valence-corrected chi connectivity index (χ3v) is 7.71. The quantitative estimate of drug-likeness (QED) is 0.122. The zero-order valence-corrected chi connectivity index (χ0v) is 19.7. The van der Waals surface area contributed by atoms with Crippen molar-refractivity contribution in [2.45, 2.75) is 153 Å². The third-order valence-electron chi connectivity index (χ3n) is 5.28. The van der Waals surface area contributed by atoms with Gasteiger partial charge in [-0.2, -0.15) is 0 Å². The summed E-state index contributed by atoms with van der Waals surface area (Å²) in [7, 11) is 0. The molecule has 0 radical (unpaired) electrons. The van der Waals surface area contributed by atoms with E-state index in [2.05, 4.69) is 13.8 Å². The molecule has 0 N–H and O–H groups in total. The molecule has 0 aliphatic heterocycles. The molecule has 0 saturated heterocycles. The second-order valence-electron chi connectivity index (χ2n) is 7.98. The standard InChI is InChI=1S/C24H50Se/c1-3-5-7-9-11-13-15-17-19-21-23-25-24-22-20-18-16-14-12-10-8-6-4-2/h3-24H2,1-2H3. The average Bonchev–Trinajstić information content (AvgIpc) is 2.63. The topological polar surface area (TPSA) is 0 Å². The fourth-order valence-corrected chi connectivity index (χ4v) is 5.63. The fourth-order valence-electron chi connectivity index (χ4n) is 3.49. The van der Waals surface area contributed by atoms with Gasteiger partial charge in [-0.1, -0.05) is 0 Å². The van der Waals surface area contributed by atoms with Crippen LogP contribution in [-0.4, -0.2) is 15.0 Å². The molecule has 0 aliphatic carbocycles. The molecule has 0 spiro atoms. The van der Waals surface area contributed by atoms with E-state index in [-0.39, 0.29) is 0 Å². The van der Waals surface area contributed by atoms with Crippen LogP contribution in [0.5, 0.6) is 0 Å². The summed E-state index contributed by atoms with van der Waals surface area (Å²) in [5.74, 6) is 0. The molecule has 152 valence electrons. The van der Waals surface area contributed by atoms with E-state index in [1.165, 1.54) is 128 Å². The van der Waals surface area contributed by atoms with Crippen LogP contribution in [0.1, 0.15) is 142 Å². The normalized spacial score (nSPS) is 11.3. The zero-order chi connectivity index (χ0) is 18.3. The van der Waals surface area contributed by atoms with Gasteiger partial charge < -0.3 is 0 Å². The van der Waals surface area contributed by atoms with E-state index in [0.29, 0.717) is 0 Å². The van der Waals surface area contributed by atoms with Gasteiger partial charge in [0.25, 0.3) is 0 Å². The van der Waals surface area contributed by atoms with E-state index in [1.54, 1.807) is 10.6 Å². The van der Waals surface area contributed by atoms with E-state index >= 15 is 0 Å². The molecule has 0 unspecified atom stereocenters. The SMILES string of the molecule is CCCCCCCCCCCC[Se]CCCCCCCCCCCC. The van der Waals surface area contributed by atoms with Crippen molar-refractivity contribution in [2.24, 2.45) is 0 Å². The number of unbranched alkanes of at least 4 members (excludes halogenated alkanes) is 18. The van der Waals surface area contributed by atoms with Crippen LogP contribution in [-0.2, 0) is 0 Å². The van der Waals surface area contributed by atoms with Crippen LogP contribution in [0.4, 0.5) is 0 Å². The Balaban J connectivity index is 2.94. The van der Waals surface area contributed by atoms with Crippen molar-refractivity contribution in [1.29, 1.82) is 0 Å². The monoisotopic (exact) mass is 418 g/mol. The Morgan fingerprint density at radius 2 is 0.560 bits per heavy atom. The van der Waals surface area contributed by atoms with Crippen LogP contribution in [0.2, 0.25) is 10.6 Å². The van der Waals surface area contributed by atoms with Crippen LogP contribution in [0.15, 0.2) is 0 Å². The Morgan fingerprint density at radius 3 is 0.840 bits per heavy atom. The van der Waals surface area contributed by atoms with Crippen molar-refractivity contribution in [2.75, 3.05) is 0 Å². The van der Waals surface area contributed by atoms with Gasteiger partial charge in [-0.3, -0.25) is 0 Å². The second kappa shape index (κ2) is 24.5. The van der Waals surface area contributed by atoms with Gasteiger partial charge in [-0.15, -0.1) is 0 Å². The van der Waals surface area contributed by atoms with E-state index < -0.39 is 0 Å². The molecular formula is C24H50Se. The minimum atomic E-state index is 0.959. The van der Waals surface area contributed by atoms with E-state index in [0.717, 1.165) is 15.0 Å². The van der Waals surface area contributed by atoms with Gasteiger partial charge in [0.2, 0.25) is 0 Å². The first kappa shape index (κ1) is 25.5. The second-order valence-corrected chi connectivity index (χ2v) is 10.5. The maximum atomic E-state index is 2.30. The molecule has 0 aromatic carbocycles. The molecule has 25 heavy (non-hydrogen) atoms. The van der Waals surface area contributed by atoms with Crippen LogP contribution in [0, 0.1) is 0 Å². The average molecular weight is 418 g/mol. The molecule has 0 fully saturated rings. The van der Waals surface area contributed by atoms with Crippen molar-refractivity contribution in [3.63, 3.8) is 0 Å². The molecule has 0 heterocycles. The predicted octanol–water partition coefficient (Wildman–Crippen LogP) is 9.37. The van der Waals surface area contributed by atoms with Gasteiger partial charge >= 0.3 is 168 Å². The Hall–Kier alpha value is 0.519. The van der Waals surface area contributed by atoms with Crippen molar-refractivity contribution >= 4 is 15.0 Å². The summed E-state index contributed by atoms with van der Waals surface area (Å²) in [5, 5.41) is 3.11. The molecule has 0 atom stereocenters. The van der Waals surface area contributed by atoms with Gasteiger partial charge in [-0.05, 0) is 0 Å². The maximum absolute atomic E-state index is 2.30. The molecular weight excluding hydrogens is 367 g/mol. The first-order valence-electron chi connectivity index (χ1n) is 12.0. The predicted molar refractivity (Wildman–Crippen MR) is 119 cm³/mol. The molecule has 0 aliphatic rings. The Bertz CT molecular complexity index is 192. The van der Waals surface area contributed by atoms with Crippen LogP contribution in [0.3, 0.4) is 0 Å².